The Hall–Kier alpha value is -0.860. The SMILES string of the molecule is CCCOCc1cc(CBr)cc2ccccc12. The van der Waals surface area contributed by atoms with Crippen LogP contribution in [0, 0.1) is 0 Å². The van der Waals surface area contributed by atoms with E-state index in [4.69, 9.17) is 4.74 Å². The first-order chi connectivity index (χ1) is 8.35. The van der Waals surface area contributed by atoms with Crippen molar-refractivity contribution in [3.63, 3.8) is 0 Å². The molecular formula is C15H17BrO. The van der Waals surface area contributed by atoms with Gasteiger partial charge in [0.05, 0.1) is 6.61 Å². The van der Waals surface area contributed by atoms with Gasteiger partial charge < -0.3 is 4.74 Å². The molecule has 0 saturated carbocycles. The lowest BCUT2D eigenvalue weighted by Crippen LogP contribution is -1.96. The molecule has 1 nitrogen and oxygen atoms in total. The van der Waals surface area contributed by atoms with Crippen LogP contribution >= 0.6 is 15.9 Å². The monoisotopic (exact) mass is 292 g/mol. The van der Waals surface area contributed by atoms with Gasteiger partial charge in [-0.05, 0) is 28.3 Å². The Morgan fingerprint density at radius 2 is 2.00 bits per heavy atom. The van der Waals surface area contributed by atoms with Crippen molar-refractivity contribution in [2.75, 3.05) is 6.61 Å². The van der Waals surface area contributed by atoms with Crippen molar-refractivity contribution in [3.05, 3.63) is 47.5 Å². The molecule has 0 amide bonds. The molecule has 2 aromatic rings. The van der Waals surface area contributed by atoms with E-state index in [1.165, 1.54) is 21.9 Å². The zero-order valence-electron chi connectivity index (χ0n) is 10.1. The van der Waals surface area contributed by atoms with E-state index in [1.54, 1.807) is 0 Å². The van der Waals surface area contributed by atoms with Crippen LogP contribution in [-0.2, 0) is 16.7 Å². The van der Waals surface area contributed by atoms with Gasteiger partial charge in [0.2, 0.25) is 0 Å². The fourth-order valence-corrected chi connectivity index (χ4v) is 2.31. The number of rotatable bonds is 5. The second kappa shape index (κ2) is 6.18. The number of halogens is 1. The summed E-state index contributed by atoms with van der Waals surface area (Å²) in [6, 6.07) is 12.9. The normalized spacial score (nSPS) is 10.9. The van der Waals surface area contributed by atoms with E-state index in [2.05, 4.69) is 59.3 Å². The molecule has 0 aliphatic carbocycles. The Labute approximate surface area is 111 Å². The molecule has 0 aliphatic heterocycles. The van der Waals surface area contributed by atoms with Crippen LogP contribution in [0.2, 0.25) is 0 Å². The van der Waals surface area contributed by atoms with E-state index in [1.807, 2.05) is 0 Å². The molecule has 2 heteroatoms. The van der Waals surface area contributed by atoms with E-state index in [0.717, 1.165) is 18.4 Å². The van der Waals surface area contributed by atoms with Gasteiger partial charge in [-0.2, -0.15) is 0 Å². The maximum atomic E-state index is 5.66. The summed E-state index contributed by atoms with van der Waals surface area (Å²) in [6.45, 7) is 3.66. The van der Waals surface area contributed by atoms with Gasteiger partial charge in [0.1, 0.15) is 0 Å². The minimum Gasteiger partial charge on any atom is -0.377 e. The number of hydrogen-bond acceptors (Lipinski definition) is 1. The molecule has 0 spiro atoms. The number of alkyl halides is 1. The first-order valence-electron chi connectivity index (χ1n) is 5.99. The lowest BCUT2D eigenvalue weighted by atomic mass is 10.0. The summed E-state index contributed by atoms with van der Waals surface area (Å²) >= 11 is 3.52. The van der Waals surface area contributed by atoms with Crippen LogP contribution in [0.25, 0.3) is 10.8 Å². The summed E-state index contributed by atoms with van der Waals surface area (Å²) in [4.78, 5) is 0. The zero-order chi connectivity index (χ0) is 12.1. The van der Waals surface area contributed by atoms with Crippen LogP contribution in [0.15, 0.2) is 36.4 Å². The van der Waals surface area contributed by atoms with Crippen LogP contribution in [0.3, 0.4) is 0 Å². The highest BCUT2D eigenvalue weighted by Gasteiger charge is 2.03. The Balaban J connectivity index is 2.36. The number of ether oxygens (including phenoxy) is 1. The molecule has 0 atom stereocenters. The molecule has 0 N–H and O–H groups in total. The molecule has 0 aromatic heterocycles. The average Bonchev–Trinajstić information content (AvgIpc) is 2.38. The molecule has 90 valence electrons. The standard InChI is InChI=1S/C15H17BrO/c1-2-7-17-11-14-9-12(10-16)8-13-5-3-4-6-15(13)14/h3-6,8-9H,2,7,10-11H2,1H3. The predicted octanol–water partition coefficient (Wildman–Crippen LogP) is 4.66. The third kappa shape index (κ3) is 3.08. The van der Waals surface area contributed by atoms with Crippen molar-refractivity contribution >= 4 is 26.7 Å². The van der Waals surface area contributed by atoms with Gasteiger partial charge in [-0.25, -0.2) is 0 Å². The minimum atomic E-state index is 0.704. The summed E-state index contributed by atoms with van der Waals surface area (Å²) in [5, 5.41) is 3.48. The van der Waals surface area contributed by atoms with Crippen molar-refractivity contribution in [1.29, 1.82) is 0 Å². The van der Waals surface area contributed by atoms with Gasteiger partial charge in [0.25, 0.3) is 0 Å². The van der Waals surface area contributed by atoms with Crippen molar-refractivity contribution in [1.82, 2.24) is 0 Å². The number of fused-ring (bicyclic) bond motifs is 1. The highest BCUT2D eigenvalue weighted by Crippen LogP contribution is 2.23. The lowest BCUT2D eigenvalue weighted by molar-refractivity contribution is 0.122. The van der Waals surface area contributed by atoms with Gasteiger partial charge in [0.15, 0.2) is 0 Å². The van der Waals surface area contributed by atoms with Crippen LogP contribution < -0.4 is 0 Å². The predicted molar refractivity (Wildman–Crippen MR) is 76.5 cm³/mol. The van der Waals surface area contributed by atoms with Crippen molar-refractivity contribution in [2.24, 2.45) is 0 Å². The fourth-order valence-electron chi connectivity index (χ4n) is 1.98. The van der Waals surface area contributed by atoms with Crippen LogP contribution in [-0.4, -0.2) is 6.61 Å². The number of benzene rings is 2. The van der Waals surface area contributed by atoms with Crippen molar-refractivity contribution < 1.29 is 4.74 Å². The second-order valence-corrected chi connectivity index (χ2v) is 4.72. The molecule has 0 saturated heterocycles. The Bertz CT molecular complexity index is 493. The van der Waals surface area contributed by atoms with Gasteiger partial charge in [-0.15, -0.1) is 0 Å². The van der Waals surface area contributed by atoms with Crippen LogP contribution in [0.5, 0.6) is 0 Å². The van der Waals surface area contributed by atoms with E-state index in [9.17, 15) is 0 Å². The van der Waals surface area contributed by atoms with E-state index < -0.39 is 0 Å². The van der Waals surface area contributed by atoms with Gasteiger partial charge in [-0.3, -0.25) is 0 Å². The summed E-state index contributed by atoms with van der Waals surface area (Å²) in [6.07, 6.45) is 1.07. The largest absolute Gasteiger partial charge is 0.377 e. The smallest absolute Gasteiger partial charge is 0.0722 e. The van der Waals surface area contributed by atoms with Crippen LogP contribution in [0.1, 0.15) is 24.5 Å². The molecule has 0 bridgehead atoms. The Morgan fingerprint density at radius 3 is 2.76 bits per heavy atom. The van der Waals surface area contributed by atoms with Gasteiger partial charge in [0, 0.05) is 11.9 Å². The van der Waals surface area contributed by atoms with E-state index in [-0.39, 0.29) is 0 Å². The Morgan fingerprint density at radius 1 is 1.18 bits per heavy atom. The molecule has 2 rings (SSSR count). The van der Waals surface area contributed by atoms with E-state index in [0.29, 0.717) is 6.61 Å². The Kier molecular flexibility index (Phi) is 4.57. The molecule has 0 fully saturated rings. The number of hydrogen-bond donors (Lipinski definition) is 0. The average molecular weight is 293 g/mol. The van der Waals surface area contributed by atoms with Crippen molar-refractivity contribution in [2.45, 2.75) is 25.3 Å². The topological polar surface area (TPSA) is 9.23 Å². The second-order valence-electron chi connectivity index (χ2n) is 4.16. The quantitative estimate of drug-likeness (QED) is 0.575. The molecule has 0 aliphatic rings. The van der Waals surface area contributed by atoms with Crippen molar-refractivity contribution in [3.8, 4) is 0 Å². The maximum absolute atomic E-state index is 5.66. The lowest BCUT2D eigenvalue weighted by Gasteiger charge is -2.09. The first kappa shape index (κ1) is 12.6. The molecule has 0 radical (unpaired) electrons. The summed E-state index contributed by atoms with van der Waals surface area (Å²) < 4.78 is 5.66. The third-order valence-electron chi connectivity index (χ3n) is 2.77. The highest BCUT2D eigenvalue weighted by molar-refractivity contribution is 9.08. The molecule has 17 heavy (non-hydrogen) atoms. The molecule has 2 aromatic carbocycles. The zero-order valence-corrected chi connectivity index (χ0v) is 11.7. The van der Waals surface area contributed by atoms with Crippen LogP contribution in [0.4, 0.5) is 0 Å². The minimum absolute atomic E-state index is 0.704. The highest BCUT2D eigenvalue weighted by atomic mass is 79.9. The summed E-state index contributed by atoms with van der Waals surface area (Å²) in [7, 11) is 0. The molecule has 0 heterocycles. The van der Waals surface area contributed by atoms with Gasteiger partial charge >= 0.3 is 0 Å². The fraction of sp³-hybridized carbons (Fsp3) is 0.333. The maximum Gasteiger partial charge on any atom is 0.0722 e. The molecule has 0 unspecified atom stereocenters. The first-order valence-corrected chi connectivity index (χ1v) is 7.11. The summed E-state index contributed by atoms with van der Waals surface area (Å²) in [5.74, 6) is 0. The van der Waals surface area contributed by atoms with E-state index >= 15 is 0 Å². The third-order valence-corrected chi connectivity index (χ3v) is 3.42. The summed E-state index contributed by atoms with van der Waals surface area (Å²) in [5.41, 5.74) is 2.59. The van der Waals surface area contributed by atoms with Gasteiger partial charge in [-0.1, -0.05) is 59.3 Å². The molecular weight excluding hydrogens is 276 g/mol.